The third-order valence-corrected chi connectivity index (χ3v) is 3.34. The number of hydrogen-bond acceptors (Lipinski definition) is 3. The van der Waals surface area contributed by atoms with E-state index in [1.165, 1.54) is 5.56 Å². The van der Waals surface area contributed by atoms with Gasteiger partial charge in [-0.1, -0.05) is 0 Å². The fraction of sp³-hybridized carbons (Fsp3) is 0.562. The minimum absolute atomic E-state index is 0.785. The topological polar surface area (TPSA) is 72.1 Å². The van der Waals surface area contributed by atoms with Gasteiger partial charge in [0.05, 0.1) is 6.20 Å². The van der Waals surface area contributed by atoms with Crippen molar-refractivity contribution in [1.82, 2.24) is 30.2 Å². The van der Waals surface area contributed by atoms with Crippen LogP contribution in [0.3, 0.4) is 0 Å². The van der Waals surface area contributed by atoms with E-state index in [0.717, 1.165) is 51.5 Å². The minimum Gasteiger partial charge on any atom is -0.357 e. The summed E-state index contributed by atoms with van der Waals surface area (Å²) in [4.78, 5) is 4.59. The average Bonchev–Trinajstić information content (AvgIpc) is 3.19. The Balaban J connectivity index is 1.64. The SMILES string of the molecule is CCNC(=NCCCn1cccn1)NCCCn1cc(C)cn1. The molecular formula is C16H27N7. The molecule has 0 aliphatic carbocycles. The van der Waals surface area contributed by atoms with Gasteiger partial charge in [0, 0.05) is 51.3 Å². The summed E-state index contributed by atoms with van der Waals surface area (Å²) in [5.74, 6) is 0.879. The number of nitrogens with one attached hydrogen (secondary N) is 2. The molecule has 0 saturated carbocycles. The molecule has 23 heavy (non-hydrogen) atoms. The normalized spacial score (nSPS) is 11.7. The highest BCUT2D eigenvalue weighted by Crippen LogP contribution is 1.95. The number of aromatic nitrogens is 4. The van der Waals surface area contributed by atoms with Crippen molar-refractivity contribution in [2.24, 2.45) is 4.99 Å². The molecule has 0 spiro atoms. The predicted octanol–water partition coefficient (Wildman–Crippen LogP) is 1.42. The summed E-state index contributed by atoms with van der Waals surface area (Å²) in [6.07, 6.45) is 9.72. The lowest BCUT2D eigenvalue weighted by Gasteiger charge is -2.11. The second-order valence-electron chi connectivity index (χ2n) is 5.44. The van der Waals surface area contributed by atoms with Crippen molar-refractivity contribution in [2.75, 3.05) is 19.6 Å². The molecule has 0 aliphatic rings. The zero-order valence-electron chi connectivity index (χ0n) is 14.1. The van der Waals surface area contributed by atoms with Crippen molar-refractivity contribution in [2.45, 2.75) is 39.8 Å². The Hall–Kier alpha value is -2.31. The molecule has 0 atom stereocenters. The largest absolute Gasteiger partial charge is 0.357 e. The summed E-state index contributed by atoms with van der Waals surface area (Å²) < 4.78 is 3.91. The number of rotatable bonds is 9. The van der Waals surface area contributed by atoms with Gasteiger partial charge < -0.3 is 10.6 Å². The van der Waals surface area contributed by atoms with Crippen LogP contribution in [0.15, 0.2) is 35.8 Å². The molecule has 126 valence electrons. The fourth-order valence-corrected chi connectivity index (χ4v) is 2.24. The molecule has 2 N–H and O–H groups in total. The smallest absolute Gasteiger partial charge is 0.191 e. The number of hydrogen-bond donors (Lipinski definition) is 2. The van der Waals surface area contributed by atoms with E-state index in [1.54, 1.807) is 6.20 Å². The average molecular weight is 317 g/mol. The van der Waals surface area contributed by atoms with Crippen LogP contribution in [0, 0.1) is 6.92 Å². The molecule has 0 bridgehead atoms. The number of aliphatic imine (C=N–C) groups is 1. The minimum atomic E-state index is 0.785. The van der Waals surface area contributed by atoms with E-state index in [0.29, 0.717) is 0 Å². The molecule has 0 amide bonds. The molecule has 0 aromatic carbocycles. The number of nitrogens with zero attached hydrogens (tertiary/aromatic N) is 5. The van der Waals surface area contributed by atoms with Crippen LogP contribution >= 0.6 is 0 Å². The first kappa shape index (κ1) is 17.1. The Morgan fingerprint density at radius 1 is 1.17 bits per heavy atom. The van der Waals surface area contributed by atoms with Crippen molar-refractivity contribution >= 4 is 5.96 Å². The second kappa shape index (κ2) is 9.66. The van der Waals surface area contributed by atoms with Crippen LogP contribution < -0.4 is 10.6 Å². The van der Waals surface area contributed by atoms with E-state index < -0.39 is 0 Å². The molecule has 0 saturated heterocycles. The van der Waals surface area contributed by atoms with Gasteiger partial charge in [-0.25, -0.2) is 0 Å². The fourth-order valence-electron chi connectivity index (χ4n) is 2.24. The molecule has 2 heterocycles. The van der Waals surface area contributed by atoms with Gasteiger partial charge in [0.15, 0.2) is 5.96 Å². The Bertz CT molecular complexity index is 571. The summed E-state index contributed by atoms with van der Waals surface area (Å²) in [5, 5.41) is 15.1. The lowest BCUT2D eigenvalue weighted by Crippen LogP contribution is -2.38. The zero-order valence-corrected chi connectivity index (χ0v) is 14.1. The van der Waals surface area contributed by atoms with E-state index in [9.17, 15) is 0 Å². The van der Waals surface area contributed by atoms with Gasteiger partial charge in [-0.15, -0.1) is 0 Å². The molecule has 2 aromatic heterocycles. The standard InChI is InChI=1S/C16H27N7/c1-3-17-16(18-7-4-10-22-11-6-9-20-22)19-8-5-12-23-14-15(2)13-21-23/h6,9,11,13-14H,3-5,7-8,10,12H2,1-2H3,(H2,17,18,19). The predicted molar refractivity (Wildman–Crippen MR) is 92.4 cm³/mol. The summed E-state index contributed by atoms with van der Waals surface area (Å²) in [6, 6.07) is 1.94. The van der Waals surface area contributed by atoms with Crippen molar-refractivity contribution in [3.05, 3.63) is 36.4 Å². The van der Waals surface area contributed by atoms with Crippen molar-refractivity contribution in [3.8, 4) is 0 Å². The molecule has 0 unspecified atom stereocenters. The summed E-state index contributed by atoms with van der Waals surface area (Å²) in [7, 11) is 0. The van der Waals surface area contributed by atoms with Crippen molar-refractivity contribution in [3.63, 3.8) is 0 Å². The maximum Gasteiger partial charge on any atom is 0.191 e. The Morgan fingerprint density at radius 3 is 2.74 bits per heavy atom. The summed E-state index contributed by atoms with van der Waals surface area (Å²) >= 11 is 0. The second-order valence-corrected chi connectivity index (χ2v) is 5.44. The summed E-state index contributed by atoms with van der Waals surface area (Å²) in [6.45, 7) is 8.48. The lowest BCUT2D eigenvalue weighted by atomic mass is 10.4. The summed E-state index contributed by atoms with van der Waals surface area (Å²) in [5.41, 5.74) is 1.20. The van der Waals surface area contributed by atoms with Crippen LogP contribution in [0.25, 0.3) is 0 Å². The Labute approximate surface area is 137 Å². The maximum absolute atomic E-state index is 4.59. The van der Waals surface area contributed by atoms with Gasteiger partial charge in [0.1, 0.15) is 0 Å². The highest BCUT2D eigenvalue weighted by Gasteiger charge is 1.98. The molecule has 7 heteroatoms. The van der Waals surface area contributed by atoms with E-state index in [4.69, 9.17) is 0 Å². The first-order valence-corrected chi connectivity index (χ1v) is 8.26. The maximum atomic E-state index is 4.59. The molecule has 2 aromatic rings. The van der Waals surface area contributed by atoms with Gasteiger partial charge >= 0.3 is 0 Å². The molecule has 0 radical (unpaired) electrons. The van der Waals surface area contributed by atoms with Crippen molar-refractivity contribution < 1.29 is 0 Å². The van der Waals surface area contributed by atoms with Crippen LogP contribution in [-0.4, -0.2) is 45.2 Å². The third kappa shape index (κ3) is 6.54. The van der Waals surface area contributed by atoms with Crippen LogP contribution in [0.1, 0.15) is 25.3 Å². The van der Waals surface area contributed by atoms with Gasteiger partial charge in [-0.3, -0.25) is 14.4 Å². The van der Waals surface area contributed by atoms with Gasteiger partial charge in [-0.2, -0.15) is 10.2 Å². The number of aryl methyl sites for hydroxylation is 3. The number of guanidine groups is 1. The van der Waals surface area contributed by atoms with E-state index in [2.05, 4.69) is 45.9 Å². The van der Waals surface area contributed by atoms with E-state index in [-0.39, 0.29) is 0 Å². The molecule has 2 rings (SSSR count). The molecule has 0 aliphatic heterocycles. The monoisotopic (exact) mass is 317 g/mol. The first-order chi connectivity index (χ1) is 11.3. The van der Waals surface area contributed by atoms with Gasteiger partial charge in [0.25, 0.3) is 0 Å². The molecule has 0 fully saturated rings. The lowest BCUT2D eigenvalue weighted by molar-refractivity contribution is 0.567. The van der Waals surface area contributed by atoms with Crippen molar-refractivity contribution in [1.29, 1.82) is 0 Å². The zero-order chi connectivity index (χ0) is 16.3. The third-order valence-electron chi connectivity index (χ3n) is 3.34. The molecular weight excluding hydrogens is 290 g/mol. The Morgan fingerprint density at radius 2 is 2.04 bits per heavy atom. The Kier molecular flexibility index (Phi) is 7.16. The van der Waals surface area contributed by atoms with Crippen LogP contribution in [0.2, 0.25) is 0 Å². The van der Waals surface area contributed by atoms with Crippen LogP contribution in [0.5, 0.6) is 0 Å². The highest BCUT2D eigenvalue weighted by molar-refractivity contribution is 5.79. The van der Waals surface area contributed by atoms with E-state index >= 15 is 0 Å². The molecule has 7 nitrogen and oxygen atoms in total. The first-order valence-electron chi connectivity index (χ1n) is 8.26. The van der Waals surface area contributed by atoms with Crippen LogP contribution in [-0.2, 0) is 13.1 Å². The quantitative estimate of drug-likeness (QED) is 0.417. The van der Waals surface area contributed by atoms with Gasteiger partial charge in [-0.05, 0) is 38.3 Å². The van der Waals surface area contributed by atoms with E-state index in [1.807, 2.05) is 27.8 Å². The van der Waals surface area contributed by atoms with Gasteiger partial charge in [0.2, 0.25) is 0 Å². The highest BCUT2D eigenvalue weighted by atomic mass is 15.3. The van der Waals surface area contributed by atoms with Crippen LogP contribution in [0.4, 0.5) is 0 Å².